The zero-order valence-corrected chi connectivity index (χ0v) is 16.3. The number of ether oxygens (including phenoxy) is 1. The normalized spacial score (nSPS) is 11.1. The molecule has 3 aromatic carbocycles. The Morgan fingerprint density at radius 1 is 1.11 bits per heavy atom. The Bertz CT molecular complexity index is 1040. The molecule has 0 spiro atoms. The monoisotopic (exact) mass is 421 g/mol. The van der Waals surface area contributed by atoms with Gasteiger partial charge in [-0.05, 0) is 58.3 Å². The Labute approximate surface area is 166 Å². The van der Waals surface area contributed by atoms with Crippen LogP contribution in [0.3, 0.4) is 0 Å². The fourth-order valence-electron chi connectivity index (χ4n) is 2.70. The quantitative estimate of drug-likeness (QED) is 0.346. The molecule has 0 N–H and O–H groups in total. The molecule has 3 aromatic rings. The summed E-state index contributed by atoms with van der Waals surface area (Å²) in [5.74, 6) is 0.292. The predicted octanol–water partition coefficient (Wildman–Crippen LogP) is 6.54. The fraction of sp³-hybridized carbons (Fsp3) is 0.0870. The number of hydrogen-bond acceptors (Lipinski definition) is 2. The first-order chi connectivity index (χ1) is 13.1. The molecule has 27 heavy (non-hydrogen) atoms. The lowest BCUT2D eigenvalue weighted by Gasteiger charge is -2.10. The van der Waals surface area contributed by atoms with Gasteiger partial charge in [0.05, 0.1) is 16.1 Å². The molecule has 0 amide bonds. The molecule has 0 aliphatic heterocycles. The highest BCUT2D eigenvalue weighted by molar-refractivity contribution is 9.10. The largest absolute Gasteiger partial charge is 0.488 e. The summed E-state index contributed by atoms with van der Waals surface area (Å²) in [6, 6.07) is 22.0. The van der Waals surface area contributed by atoms with Crippen LogP contribution in [0.5, 0.6) is 5.75 Å². The topological polar surface area (TPSA) is 33.0 Å². The van der Waals surface area contributed by atoms with Crippen molar-refractivity contribution in [2.75, 3.05) is 0 Å². The van der Waals surface area contributed by atoms with Gasteiger partial charge in [-0.3, -0.25) is 0 Å². The maximum Gasteiger partial charge on any atom is 0.134 e. The lowest BCUT2D eigenvalue weighted by Crippen LogP contribution is -1.96. The maximum absolute atomic E-state index is 13.9. The summed E-state index contributed by atoms with van der Waals surface area (Å²) in [6.45, 7) is 2.51. The molecule has 4 heteroatoms. The van der Waals surface area contributed by atoms with Crippen LogP contribution in [0.25, 0.3) is 11.6 Å². The van der Waals surface area contributed by atoms with E-state index in [9.17, 15) is 9.65 Å². The molecule has 0 saturated carbocycles. The predicted molar refractivity (Wildman–Crippen MR) is 110 cm³/mol. The molecular formula is C23H17BrFNO. The van der Waals surface area contributed by atoms with Crippen LogP contribution in [0.4, 0.5) is 4.39 Å². The van der Waals surface area contributed by atoms with Gasteiger partial charge in [0, 0.05) is 5.56 Å². The van der Waals surface area contributed by atoms with Crippen molar-refractivity contribution in [3.63, 3.8) is 0 Å². The SMILES string of the molecule is Cc1cccc(COc2ccc(/C=C(/C#N)c3ccccc3F)cc2Br)c1. The van der Waals surface area contributed by atoms with Gasteiger partial charge < -0.3 is 4.74 Å². The Balaban J connectivity index is 1.80. The fourth-order valence-corrected chi connectivity index (χ4v) is 3.21. The molecule has 0 aliphatic rings. The van der Waals surface area contributed by atoms with Crippen molar-refractivity contribution >= 4 is 27.6 Å². The number of hydrogen-bond donors (Lipinski definition) is 0. The molecule has 0 aromatic heterocycles. The summed E-state index contributed by atoms with van der Waals surface area (Å²) in [5.41, 5.74) is 3.62. The van der Waals surface area contributed by atoms with Gasteiger partial charge in [-0.15, -0.1) is 0 Å². The van der Waals surface area contributed by atoms with E-state index in [0.29, 0.717) is 12.4 Å². The number of benzene rings is 3. The Hall–Kier alpha value is -2.90. The number of halogens is 2. The van der Waals surface area contributed by atoms with Gasteiger partial charge in [-0.1, -0.05) is 54.1 Å². The van der Waals surface area contributed by atoms with Crippen molar-refractivity contribution in [1.29, 1.82) is 5.26 Å². The van der Waals surface area contributed by atoms with E-state index in [-0.39, 0.29) is 11.1 Å². The molecule has 134 valence electrons. The van der Waals surface area contributed by atoms with Crippen molar-refractivity contribution < 1.29 is 9.13 Å². The zero-order chi connectivity index (χ0) is 19.2. The van der Waals surface area contributed by atoms with Crippen LogP contribution in [-0.4, -0.2) is 0 Å². The third-order valence-corrected chi connectivity index (χ3v) is 4.65. The number of rotatable bonds is 5. The van der Waals surface area contributed by atoms with Gasteiger partial charge in [0.25, 0.3) is 0 Å². The van der Waals surface area contributed by atoms with E-state index >= 15 is 0 Å². The lowest BCUT2D eigenvalue weighted by molar-refractivity contribution is 0.304. The van der Waals surface area contributed by atoms with E-state index in [1.54, 1.807) is 24.3 Å². The molecule has 0 bridgehead atoms. The van der Waals surface area contributed by atoms with Crippen LogP contribution in [0.15, 0.2) is 71.2 Å². The van der Waals surface area contributed by atoms with E-state index in [4.69, 9.17) is 4.74 Å². The Morgan fingerprint density at radius 3 is 2.63 bits per heavy atom. The zero-order valence-electron chi connectivity index (χ0n) is 14.7. The second-order valence-corrected chi connectivity index (χ2v) is 6.97. The molecule has 3 rings (SSSR count). The summed E-state index contributed by atoms with van der Waals surface area (Å²) in [7, 11) is 0. The first-order valence-electron chi connectivity index (χ1n) is 8.41. The van der Waals surface area contributed by atoms with Crippen molar-refractivity contribution in [2.24, 2.45) is 0 Å². The smallest absolute Gasteiger partial charge is 0.134 e. The number of aryl methyl sites for hydroxylation is 1. The average molecular weight is 422 g/mol. The highest BCUT2D eigenvalue weighted by atomic mass is 79.9. The van der Waals surface area contributed by atoms with Crippen molar-refractivity contribution in [1.82, 2.24) is 0 Å². The van der Waals surface area contributed by atoms with Crippen LogP contribution < -0.4 is 4.74 Å². The van der Waals surface area contributed by atoms with E-state index in [2.05, 4.69) is 28.1 Å². The molecule has 0 aliphatic carbocycles. The van der Waals surface area contributed by atoms with Crippen LogP contribution in [0.1, 0.15) is 22.3 Å². The highest BCUT2D eigenvalue weighted by Gasteiger charge is 2.08. The highest BCUT2D eigenvalue weighted by Crippen LogP contribution is 2.29. The van der Waals surface area contributed by atoms with Gasteiger partial charge in [0.15, 0.2) is 0 Å². The molecular weight excluding hydrogens is 405 g/mol. The van der Waals surface area contributed by atoms with Crippen LogP contribution in [0.2, 0.25) is 0 Å². The Kier molecular flexibility index (Phi) is 6.05. The van der Waals surface area contributed by atoms with Crippen LogP contribution >= 0.6 is 15.9 Å². The van der Waals surface area contributed by atoms with Gasteiger partial charge in [0.1, 0.15) is 18.2 Å². The second kappa shape index (κ2) is 8.66. The van der Waals surface area contributed by atoms with Crippen LogP contribution in [-0.2, 0) is 6.61 Å². The second-order valence-electron chi connectivity index (χ2n) is 6.12. The maximum atomic E-state index is 13.9. The minimum atomic E-state index is -0.414. The standard InChI is InChI=1S/C23H17BrFNO/c1-16-5-4-6-18(11-16)15-27-23-10-9-17(13-21(23)24)12-19(14-26)20-7-2-3-8-22(20)25/h2-13H,15H2,1H3/b19-12-. The van der Waals surface area contributed by atoms with Gasteiger partial charge >= 0.3 is 0 Å². The Morgan fingerprint density at radius 2 is 1.93 bits per heavy atom. The van der Waals surface area contributed by atoms with E-state index in [1.165, 1.54) is 11.6 Å². The molecule has 0 fully saturated rings. The molecule has 0 heterocycles. The van der Waals surface area contributed by atoms with Crippen molar-refractivity contribution in [3.05, 3.63) is 99.3 Å². The molecule has 0 unspecified atom stereocenters. The molecule has 0 saturated heterocycles. The lowest BCUT2D eigenvalue weighted by atomic mass is 10.0. The number of allylic oxidation sites excluding steroid dienone is 1. The summed E-state index contributed by atoms with van der Waals surface area (Å²) < 4.78 is 20.6. The summed E-state index contributed by atoms with van der Waals surface area (Å²) in [4.78, 5) is 0. The first-order valence-corrected chi connectivity index (χ1v) is 9.21. The summed E-state index contributed by atoms with van der Waals surface area (Å²) in [5, 5.41) is 9.40. The van der Waals surface area contributed by atoms with E-state index in [1.807, 2.05) is 43.3 Å². The minimum absolute atomic E-state index is 0.272. The summed E-state index contributed by atoms with van der Waals surface area (Å²) in [6.07, 6.45) is 1.66. The third kappa shape index (κ3) is 4.84. The first kappa shape index (κ1) is 18.9. The third-order valence-electron chi connectivity index (χ3n) is 4.03. The van der Waals surface area contributed by atoms with Crippen molar-refractivity contribution in [2.45, 2.75) is 13.5 Å². The number of nitrogens with zero attached hydrogens (tertiary/aromatic N) is 1. The number of nitriles is 1. The average Bonchev–Trinajstić information content (AvgIpc) is 2.66. The van der Waals surface area contributed by atoms with E-state index in [0.717, 1.165) is 15.6 Å². The van der Waals surface area contributed by atoms with Crippen molar-refractivity contribution in [3.8, 4) is 11.8 Å². The molecule has 2 nitrogen and oxygen atoms in total. The summed E-state index contributed by atoms with van der Waals surface area (Å²) >= 11 is 3.51. The van der Waals surface area contributed by atoms with Gasteiger partial charge in [0.2, 0.25) is 0 Å². The molecule has 0 radical (unpaired) electrons. The molecule has 0 atom stereocenters. The minimum Gasteiger partial charge on any atom is -0.488 e. The van der Waals surface area contributed by atoms with Gasteiger partial charge in [-0.2, -0.15) is 5.26 Å². The van der Waals surface area contributed by atoms with E-state index < -0.39 is 5.82 Å². The van der Waals surface area contributed by atoms with Gasteiger partial charge in [-0.25, -0.2) is 4.39 Å². The van der Waals surface area contributed by atoms with Crippen LogP contribution in [0, 0.1) is 24.1 Å².